The topological polar surface area (TPSA) is 12.5 Å². The molecule has 0 atom stereocenters. The van der Waals surface area contributed by atoms with Gasteiger partial charge in [0.1, 0.15) is 5.75 Å². The molecule has 76 valence electrons. The van der Waals surface area contributed by atoms with Crippen molar-refractivity contribution in [2.24, 2.45) is 0 Å². The van der Waals surface area contributed by atoms with Gasteiger partial charge >= 0.3 is 0 Å². The Bertz CT molecular complexity index is 327. The Morgan fingerprint density at radius 3 is 2.14 bits per heavy atom. The first-order valence-electron chi connectivity index (χ1n) is 4.47. The van der Waals surface area contributed by atoms with Gasteiger partial charge in [0.05, 0.1) is 0 Å². The minimum absolute atomic E-state index is 0.488. The molecule has 14 heavy (non-hydrogen) atoms. The molecule has 0 saturated heterocycles. The largest absolute Gasteiger partial charge is 0.431 e. The quantitative estimate of drug-likeness (QED) is 0.659. The predicted molar refractivity (Wildman–Crippen MR) is 62.8 cm³/mol. The van der Waals surface area contributed by atoms with Crippen LogP contribution in [0.2, 0.25) is 0 Å². The SMILES string of the molecule is Cc1cccc(C)c1OC(=S)N(C)C. The Kier molecular flexibility index (Phi) is 3.47. The molecule has 0 unspecified atom stereocenters. The molecule has 0 radical (unpaired) electrons. The van der Waals surface area contributed by atoms with Crippen LogP contribution in [0.1, 0.15) is 11.1 Å². The number of rotatable bonds is 1. The third-order valence-electron chi connectivity index (χ3n) is 1.96. The maximum absolute atomic E-state index is 5.59. The molecule has 1 aromatic rings. The van der Waals surface area contributed by atoms with Gasteiger partial charge in [-0.3, -0.25) is 0 Å². The van der Waals surface area contributed by atoms with E-state index < -0.39 is 0 Å². The monoisotopic (exact) mass is 209 g/mol. The van der Waals surface area contributed by atoms with E-state index >= 15 is 0 Å². The lowest BCUT2D eigenvalue weighted by atomic mass is 10.1. The van der Waals surface area contributed by atoms with E-state index in [4.69, 9.17) is 17.0 Å². The van der Waals surface area contributed by atoms with E-state index in [0.717, 1.165) is 16.9 Å². The van der Waals surface area contributed by atoms with Crippen molar-refractivity contribution in [3.63, 3.8) is 0 Å². The molecule has 0 aliphatic rings. The molecule has 0 amide bonds. The summed E-state index contributed by atoms with van der Waals surface area (Å²) < 4.78 is 5.59. The predicted octanol–water partition coefficient (Wildman–Crippen LogP) is 2.53. The zero-order valence-corrected chi connectivity index (χ0v) is 9.81. The van der Waals surface area contributed by atoms with E-state index in [1.54, 1.807) is 4.90 Å². The summed E-state index contributed by atoms with van der Waals surface area (Å²) in [6, 6.07) is 6.04. The van der Waals surface area contributed by atoms with Crippen molar-refractivity contribution in [2.75, 3.05) is 14.1 Å². The second-order valence-electron chi connectivity index (χ2n) is 3.48. The number of aryl methyl sites for hydroxylation is 2. The van der Waals surface area contributed by atoms with Gasteiger partial charge in [0.15, 0.2) is 0 Å². The first-order chi connectivity index (χ1) is 6.52. The van der Waals surface area contributed by atoms with Crippen LogP contribution < -0.4 is 4.74 Å². The summed E-state index contributed by atoms with van der Waals surface area (Å²) in [4.78, 5) is 1.78. The van der Waals surface area contributed by atoms with Crippen LogP contribution in [0.3, 0.4) is 0 Å². The second-order valence-corrected chi connectivity index (χ2v) is 3.83. The summed E-state index contributed by atoms with van der Waals surface area (Å²) in [6.07, 6.45) is 0. The maximum atomic E-state index is 5.59. The van der Waals surface area contributed by atoms with Gasteiger partial charge in [-0.1, -0.05) is 18.2 Å². The highest BCUT2D eigenvalue weighted by molar-refractivity contribution is 7.80. The summed E-state index contributed by atoms with van der Waals surface area (Å²) in [5.41, 5.74) is 2.21. The molecule has 0 N–H and O–H groups in total. The van der Waals surface area contributed by atoms with Crippen molar-refractivity contribution in [3.05, 3.63) is 29.3 Å². The smallest absolute Gasteiger partial charge is 0.264 e. The number of para-hydroxylation sites is 1. The highest BCUT2D eigenvalue weighted by Crippen LogP contribution is 2.22. The number of ether oxygens (including phenoxy) is 1. The molecule has 0 bridgehead atoms. The Morgan fingerprint density at radius 2 is 1.71 bits per heavy atom. The minimum atomic E-state index is 0.488. The fourth-order valence-electron chi connectivity index (χ4n) is 1.14. The van der Waals surface area contributed by atoms with Crippen LogP contribution in [-0.2, 0) is 0 Å². The highest BCUT2D eigenvalue weighted by atomic mass is 32.1. The molecule has 0 spiro atoms. The van der Waals surface area contributed by atoms with E-state index in [-0.39, 0.29) is 0 Å². The molecule has 2 nitrogen and oxygen atoms in total. The average Bonchev–Trinajstić information content (AvgIpc) is 2.11. The van der Waals surface area contributed by atoms with Crippen molar-refractivity contribution in [2.45, 2.75) is 13.8 Å². The zero-order chi connectivity index (χ0) is 10.7. The molecule has 0 saturated carbocycles. The van der Waals surface area contributed by atoms with Crippen LogP contribution >= 0.6 is 12.2 Å². The van der Waals surface area contributed by atoms with Crippen LogP contribution in [-0.4, -0.2) is 24.2 Å². The van der Waals surface area contributed by atoms with E-state index in [9.17, 15) is 0 Å². The molecule has 0 aliphatic heterocycles. The molecular weight excluding hydrogens is 194 g/mol. The van der Waals surface area contributed by atoms with Crippen molar-refractivity contribution in [1.82, 2.24) is 4.90 Å². The van der Waals surface area contributed by atoms with Crippen LogP contribution in [0.15, 0.2) is 18.2 Å². The Morgan fingerprint density at radius 1 is 1.21 bits per heavy atom. The fourth-order valence-corrected chi connectivity index (χ4v) is 1.22. The normalized spacial score (nSPS) is 9.71. The number of hydrogen-bond acceptors (Lipinski definition) is 2. The third-order valence-corrected chi connectivity index (χ3v) is 2.41. The summed E-state index contributed by atoms with van der Waals surface area (Å²) in [5, 5.41) is 0.488. The third kappa shape index (κ3) is 2.45. The average molecular weight is 209 g/mol. The van der Waals surface area contributed by atoms with Crippen molar-refractivity contribution in [1.29, 1.82) is 0 Å². The molecule has 0 fully saturated rings. The lowest BCUT2D eigenvalue weighted by Gasteiger charge is -2.16. The van der Waals surface area contributed by atoms with Crippen LogP contribution in [0, 0.1) is 13.8 Å². The van der Waals surface area contributed by atoms with Crippen molar-refractivity contribution < 1.29 is 4.74 Å². The fraction of sp³-hybridized carbons (Fsp3) is 0.364. The van der Waals surface area contributed by atoms with E-state index in [1.165, 1.54) is 0 Å². The summed E-state index contributed by atoms with van der Waals surface area (Å²) in [7, 11) is 3.74. The number of thiocarbonyl (C=S) groups is 1. The standard InChI is InChI=1S/C11H15NOS/c1-8-6-5-7-9(2)10(8)13-11(14)12(3)4/h5-7H,1-4H3. The van der Waals surface area contributed by atoms with Gasteiger partial charge in [-0.05, 0) is 37.2 Å². The molecular formula is C11H15NOS. The zero-order valence-electron chi connectivity index (χ0n) is 9.00. The minimum Gasteiger partial charge on any atom is -0.431 e. The molecule has 0 heterocycles. The van der Waals surface area contributed by atoms with Gasteiger partial charge in [-0.25, -0.2) is 0 Å². The Balaban J connectivity index is 2.91. The number of hydrogen-bond donors (Lipinski definition) is 0. The van der Waals surface area contributed by atoms with Crippen molar-refractivity contribution >= 4 is 17.4 Å². The van der Waals surface area contributed by atoms with Gasteiger partial charge in [0.25, 0.3) is 5.17 Å². The van der Waals surface area contributed by atoms with Gasteiger partial charge in [0, 0.05) is 14.1 Å². The summed E-state index contributed by atoms with van der Waals surface area (Å²) in [5.74, 6) is 0.867. The van der Waals surface area contributed by atoms with E-state index in [1.807, 2.05) is 46.1 Å². The number of benzene rings is 1. The van der Waals surface area contributed by atoms with E-state index in [2.05, 4.69) is 0 Å². The Labute approximate surface area is 90.5 Å². The molecule has 1 rings (SSSR count). The second kappa shape index (κ2) is 4.42. The highest BCUT2D eigenvalue weighted by Gasteiger charge is 2.07. The van der Waals surface area contributed by atoms with Crippen LogP contribution in [0.4, 0.5) is 0 Å². The summed E-state index contributed by atoms with van der Waals surface area (Å²) >= 11 is 5.08. The molecule has 0 aliphatic carbocycles. The molecule has 3 heteroatoms. The van der Waals surface area contributed by atoms with Crippen LogP contribution in [0.5, 0.6) is 5.75 Å². The molecule has 0 aromatic heterocycles. The number of nitrogens with zero attached hydrogens (tertiary/aromatic N) is 1. The summed E-state index contributed by atoms with van der Waals surface area (Å²) in [6.45, 7) is 4.03. The van der Waals surface area contributed by atoms with Crippen molar-refractivity contribution in [3.8, 4) is 5.75 Å². The van der Waals surface area contributed by atoms with Gasteiger partial charge in [-0.2, -0.15) is 0 Å². The first kappa shape index (κ1) is 11.0. The lowest BCUT2D eigenvalue weighted by Crippen LogP contribution is -2.25. The first-order valence-corrected chi connectivity index (χ1v) is 4.88. The van der Waals surface area contributed by atoms with Gasteiger partial charge < -0.3 is 9.64 Å². The van der Waals surface area contributed by atoms with E-state index in [0.29, 0.717) is 5.17 Å². The lowest BCUT2D eigenvalue weighted by molar-refractivity contribution is 0.445. The van der Waals surface area contributed by atoms with Crippen LogP contribution in [0.25, 0.3) is 0 Å². The van der Waals surface area contributed by atoms with Gasteiger partial charge in [-0.15, -0.1) is 0 Å². The maximum Gasteiger partial charge on any atom is 0.264 e. The Hall–Kier alpha value is -1.09. The van der Waals surface area contributed by atoms with Gasteiger partial charge in [0.2, 0.25) is 0 Å². The molecule has 1 aromatic carbocycles.